The van der Waals surface area contributed by atoms with Crippen LogP contribution in [-0.2, 0) is 17.8 Å². The van der Waals surface area contributed by atoms with Gasteiger partial charge < -0.3 is 14.5 Å². The van der Waals surface area contributed by atoms with E-state index in [2.05, 4.69) is 18.0 Å². The summed E-state index contributed by atoms with van der Waals surface area (Å²) in [5, 5.41) is 1.60. The van der Waals surface area contributed by atoms with E-state index >= 15 is 0 Å². The maximum atomic E-state index is 11.3. The molecule has 0 saturated heterocycles. The lowest BCUT2D eigenvalue weighted by Gasteiger charge is -2.13. The van der Waals surface area contributed by atoms with Crippen LogP contribution in [0.3, 0.4) is 0 Å². The molecule has 0 atom stereocenters. The van der Waals surface area contributed by atoms with Crippen LogP contribution in [0.15, 0.2) is 30.5 Å². The van der Waals surface area contributed by atoms with Crippen molar-refractivity contribution < 1.29 is 9.53 Å². The van der Waals surface area contributed by atoms with Crippen LogP contribution in [0.25, 0.3) is 10.9 Å². The molecule has 4 nitrogen and oxygen atoms in total. The van der Waals surface area contributed by atoms with Gasteiger partial charge >= 0.3 is 0 Å². The fraction of sp³-hybridized carbons (Fsp3) is 0.417. The highest BCUT2D eigenvalue weighted by molar-refractivity contribution is 6.36. The standard InChI is InChI=1S/C24H27ClN2O2/c1-15-11-17(13-26-24(15)18-5-3-4-6-18)14-29-19-8-10-21-20(12-19)23(25)22(27-21)9-7-16(2)28/h8,10-13,18,27H,3-7,9,14H2,1-2H3. The third kappa shape index (κ3) is 4.48. The van der Waals surface area contributed by atoms with Crippen molar-refractivity contribution in [2.75, 3.05) is 0 Å². The van der Waals surface area contributed by atoms with E-state index in [-0.39, 0.29) is 5.78 Å². The Balaban J connectivity index is 1.46. The van der Waals surface area contributed by atoms with E-state index in [9.17, 15) is 4.79 Å². The van der Waals surface area contributed by atoms with Gasteiger partial charge in [0.25, 0.3) is 0 Å². The molecule has 0 amide bonds. The lowest BCUT2D eigenvalue weighted by atomic mass is 9.98. The molecule has 4 rings (SSSR count). The lowest BCUT2D eigenvalue weighted by Crippen LogP contribution is -2.03. The number of carbonyl (C=O) groups is 1. The first-order valence-electron chi connectivity index (χ1n) is 10.4. The van der Waals surface area contributed by atoms with Crippen LogP contribution in [0.1, 0.15) is 67.5 Å². The highest BCUT2D eigenvalue weighted by atomic mass is 35.5. The quantitative estimate of drug-likeness (QED) is 0.498. The Bertz CT molecular complexity index is 1030. The molecule has 3 aromatic rings. The largest absolute Gasteiger partial charge is 0.489 e. The Morgan fingerprint density at radius 3 is 2.79 bits per heavy atom. The summed E-state index contributed by atoms with van der Waals surface area (Å²) in [6, 6.07) is 8.07. The van der Waals surface area contributed by atoms with Crippen LogP contribution in [-0.4, -0.2) is 15.8 Å². The number of hydrogen-bond donors (Lipinski definition) is 1. The van der Waals surface area contributed by atoms with E-state index in [1.165, 1.54) is 36.9 Å². The van der Waals surface area contributed by atoms with Crippen LogP contribution < -0.4 is 4.74 Å². The van der Waals surface area contributed by atoms with Crippen molar-refractivity contribution in [3.8, 4) is 5.75 Å². The number of rotatable bonds is 7. The Morgan fingerprint density at radius 1 is 1.28 bits per heavy atom. The first-order chi connectivity index (χ1) is 14.0. The monoisotopic (exact) mass is 410 g/mol. The van der Waals surface area contributed by atoms with Crippen molar-refractivity contribution in [2.24, 2.45) is 0 Å². The SMILES string of the molecule is CC(=O)CCc1[nH]c2ccc(OCc3cnc(C4CCCC4)c(C)c3)cc2c1Cl. The molecule has 0 spiro atoms. The van der Waals surface area contributed by atoms with Gasteiger partial charge in [0, 0.05) is 46.4 Å². The minimum absolute atomic E-state index is 0.159. The molecule has 1 N–H and O–H groups in total. The Morgan fingerprint density at radius 2 is 2.07 bits per heavy atom. The molecular formula is C24H27ClN2O2. The average molecular weight is 411 g/mol. The highest BCUT2D eigenvalue weighted by Crippen LogP contribution is 2.35. The lowest BCUT2D eigenvalue weighted by molar-refractivity contribution is -0.116. The number of hydrogen-bond acceptors (Lipinski definition) is 3. The first kappa shape index (κ1) is 20.0. The fourth-order valence-electron chi connectivity index (χ4n) is 4.27. The minimum Gasteiger partial charge on any atom is -0.489 e. The predicted octanol–water partition coefficient (Wildman–Crippen LogP) is 6.28. The number of aromatic amines is 1. The van der Waals surface area contributed by atoms with Gasteiger partial charge in [0.15, 0.2) is 0 Å². The van der Waals surface area contributed by atoms with Gasteiger partial charge in [-0.2, -0.15) is 0 Å². The predicted molar refractivity (Wildman–Crippen MR) is 117 cm³/mol. The molecular weight excluding hydrogens is 384 g/mol. The minimum atomic E-state index is 0.159. The zero-order valence-corrected chi connectivity index (χ0v) is 17.8. The summed E-state index contributed by atoms with van der Waals surface area (Å²) in [6.07, 6.45) is 8.21. The van der Waals surface area contributed by atoms with Gasteiger partial charge in [-0.05, 0) is 62.9 Å². The van der Waals surface area contributed by atoms with E-state index in [0.717, 1.165) is 27.9 Å². The molecule has 1 aliphatic carbocycles. The van der Waals surface area contributed by atoms with Crippen molar-refractivity contribution in [2.45, 2.75) is 64.9 Å². The number of ketones is 1. The average Bonchev–Trinajstić information content (AvgIpc) is 3.33. The van der Waals surface area contributed by atoms with E-state index in [1.807, 2.05) is 24.4 Å². The molecule has 1 aromatic carbocycles. The van der Waals surface area contributed by atoms with Crippen LogP contribution in [0.4, 0.5) is 0 Å². The molecule has 2 heterocycles. The van der Waals surface area contributed by atoms with Gasteiger partial charge in [-0.25, -0.2) is 0 Å². The molecule has 0 bridgehead atoms. The number of fused-ring (bicyclic) bond motifs is 1. The first-order valence-corrected chi connectivity index (χ1v) is 10.8. The molecule has 1 aliphatic rings. The third-order valence-corrected chi connectivity index (χ3v) is 6.26. The van der Waals surface area contributed by atoms with Crippen molar-refractivity contribution in [1.29, 1.82) is 0 Å². The van der Waals surface area contributed by atoms with Gasteiger partial charge in [0.2, 0.25) is 0 Å². The number of carbonyl (C=O) groups excluding carboxylic acids is 1. The van der Waals surface area contributed by atoms with E-state index in [0.29, 0.717) is 30.4 Å². The fourth-order valence-corrected chi connectivity index (χ4v) is 4.57. The van der Waals surface area contributed by atoms with Crippen molar-refractivity contribution in [1.82, 2.24) is 9.97 Å². The maximum Gasteiger partial charge on any atom is 0.130 e. The van der Waals surface area contributed by atoms with Gasteiger partial charge in [0.1, 0.15) is 18.1 Å². The van der Waals surface area contributed by atoms with Gasteiger partial charge in [-0.15, -0.1) is 0 Å². The van der Waals surface area contributed by atoms with Crippen molar-refractivity contribution >= 4 is 28.3 Å². The molecule has 0 radical (unpaired) electrons. The zero-order valence-electron chi connectivity index (χ0n) is 17.1. The van der Waals surface area contributed by atoms with E-state index in [4.69, 9.17) is 21.3 Å². The number of pyridine rings is 1. The number of H-pyrrole nitrogens is 1. The van der Waals surface area contributed by atoms with Crippen LogP contribution in [0.2, 0.25) is 5.02 Å². The number of Topliss-reactive ketones (excluding diaryl/α,β-unsaturated/α-hetero) is 1. The molecule has 0 unspecified atom stereocenters. The molecule has 5 heteroatoms. The summed E-state index contributed by atoms with van der Waals surface area (Å²) >= 11 is 6.52. The zero-order chi connectivity index (χ0) is 20.4. The number of ether oxygens (including phenoxy) is 1. The molecule has 1 fully saturated rings. The molecule has 29 heavy (non-hydrogen) atoms. The summed E-state index contributed by atoms with van der Waals surface area (Å²) < 4.78 is 6.02. The summed E-state index contributed by atoms with van der Waals surface area (Å²) in [7, 11) is 0. The normalized spacial score (nSPS) is 14.6. The second kappa shape index (κ2) is 8.58. The number of nitrogens with zero attached hydrogens (tertiary/aromatic N) is 1. The maximum absolute atomic E-state index is 11.3. The molecule has 0 aliphatic heterocycles. The molecule has 1 saturated carbocycles. The van der Waals surface area contributed by atoms with Crippen molar-refractivity contribution in [3.63, 3.8) is 0 Å². The third-order valence-electron chi connectivity index (χ3n) is 5.83. The number of nitrogens with one attached hydrogen (secondary N) is 1. The van der Waals surface area contributed by atoms with Gasteiger partial charge in [0.05, 0.1) is 5.02 Å². The smallest absolute Gasteiger partial charge is 0.130 e. The molecule has 152 valence electrons. The number of halogens is 1. The van der Waals surface area contributed by atoms with Gasteiger partial charge in [-0.3, -0.25) is 4.98 Å². The van der Waals surface area contributed by atoms with E-state index in [1.54, 1.807) is 6.92 Å². The summed E-state index contributed by atoms with van der Waals surface area (Å²) in [6.45, 7) is 4.22. The Labute approximate surface area is 176 Å². The summed E-state index contributed by atoms with van der Waals surface area (Å²) in [5.41, 5.74) is 5.45. The van der Waals surface area contributed by atoms with Crippen LogP contribution in [0, 0.1) is 6.92 Å². The summed E-state index contributed by atoms with van der Waals surface area (Å²) in [5.74, 6) is 1.56. The summed E-state index contributed by atoms with van der Waals surface area (Å²) in [4.78, 5) is 19.3. The van der Waals surface area contributed by atoms with Crippen LogP contribution >= 0.6 is 11.6 Å². The Hall–Kier alpha value is -2.33. The van der Waals surface area contributed by atoms with Crippen molar-refractivity contribution in [3.05, 3.63) is 58.0 Å². The van der Waals surface area contributed by atoms with Gasteiger partial charge in [-0.1, -0.05) is 24.4 Å². The number of aryl methyl sites for hydroxylation is 2. The van der Waals surface area contributed by atoms with E-state index < -0.39 is 0 Å². The molecule has 2 aromatic heterocycles. The topological polar surface area (TPSA) is 55.0 Å². The van der Waals surface area contributed by atoms with Crippen LogP contribution in [0.5, 0.6) is 5.75 Å². The highest BCUT2D eigenvalue weighted by Gasteiger charge is 2.20. The second-order valence-electron chi connectivity index (χ2n) is 8.14. The number of benzene rings is 1. The Kier molecular flexibility index (Phi) is 5.91. The second-order valence-corrected chi connectivity index (χ2v) is 8.52. The number of aromatic nitrogens is 2.